The Morgan fingerprint density at radius 3 is 2.63 bits per heavy atom. The summed E-state index contributed by atoms with van der Waals surface area (Å²) in [4.78, 5) is 0. The number of hydrogen-bond donors (Lipinski definition) is 1. The van der Waals surface area contributed by atoms with E-state index in [0.717, 1.165) is 23.0 Å². The molecule has 1 unspecified atom stereocenters. The summed E-state index contributed by atoms with van der Waals surface area (Å²) in [6.07, 6.45) is 6.31. The zero-order chi connectivity index (χ0) is 14.0. The van der Waals surface area contributed by atoms with E-state index in [0.29, 0.717) is 12.6 Å². The molecular formula is C14H24BrN3O. The first-order valence-corrected chi connectivity index (χ1v) is 7.93. The molecule has 0 bridgehead atoms. The molecule has 0 spiro atoms. The van der Waals surface area contributed by atoms with Gasteiger partial charge in [0.2, 0.25) is 0 Å². The van der Waals surface area contributed by atoms with Gasteiger partial charge in [-0.25, -0.2) is 0 Å². The van der Waals surface area contributed by atoms with Crippen LogP contribution in [-0.4, -0.2) is 22.0 Å². The molecule has 1 saturated carbocycles. The Kier molecular flexibility index (Phi) is 4.69. The average molecular weight is 330 g/mol. The molecule has 0 amide bonds. The predicted molar refractivity (Wildman–Crippen MR) is 80.1 cm³/mol. The Labute approximate surface area is 123 Å². The zero-order valence-corrected chi connectivity index (χ0v) is 13.6. The highest BCUT2D eigenvalue weighted by atomic mass is 79.9. The first-order chi connectivity index (χ1) is 9.02. The van der Waals surface area contributed by atoms with Gasteiger partial charge in [0.05, 0.1) is 28.0 Å². The maximum absolute atomic E-state index is 6.59. The van der Waals surface area contributed by atoms with Crippen LogP contribution in [0.4, 0.5) is 0 Å². The molecule has 1 aromatic rings. The lowest BCUT2D eigenvalue weighted by molar-refractivity contribution is -0.0556. The summed E-state index contributed by atoms with van der Waals surface area (Å²) in [5.41, 5.74) is 7.43. The highest BCUT2D eigenvalue weighted by Gasteiger charge is 2.43. The summed E-state index contributed by atoms with van der Waals surface area (Å²) in [6, 6.07) is 0.168. The van der Waals surface area contributed by atoms with Crippen LogP contribution in [-0.2, 0) is 4.74 Å². The van der Waals surface area contributed by atoms with Crippen LogP contribution in [0.25, 0.3) is 0 Å². The molecule has 5 heteroatoms. The third-order valence-electron chi connectivity index (χ3n) is 4.02. The second-order valence-electron chi connectivity index (χ2n) is 5.60. The van der Waals surface area contributed by atoms with Gasteiger partial charge in [-0.05, 0) is 49.5 Å². The highest BCUT2D eigenvalue weighted by Crippen LogP contribution is 2.43. The van der Waals surface area contributed by atoms with E-state index in [1.165, 1.54) is 12.8 Å². The van der Waals surface area contributed by atoms with Crippen LogP contribution >= 0.6 is 15.9 Å². The van der Waals surface area contributed by atoms with Gasteiger partial charge in [-0.3, -0.25) is 4.68 Å². The smallest absolute Gasteiger partial charge is 0.0889 e. The van der Waals surface area contributed by atoms with E-state index in [2.05, 4.69) is 34.9 Å². The summed E-state index contributed by atoms with van der Waals surface area (Å²) in [5.74, 6) is 0. The predicted octanol–water partition coefficient (Wildman–Crippen LogP) is 3.58. The van der Waals surface area contributed by atoms with Gasteiger partial charge in [0, 0.05) is 12.6 Å². The molecule has 4 nitrogen and oxygen atoms in total. The fraction of sp³-hybridized carbons (Fsp3) is 0.786. The molecule has 0 saturated heterocycles. The summed E-state index contributed by atoms with van der Waals surface area (Å²) >= 11 is 3.59. The molecule has 0 radical (unpaired) electrons. The van der Waals surface area contributed by atoms with Crippen molar-refractivity contribution in [3.8, 4) is 0 Å². The van der Waals surface area contributed by atoms with Crippen molar-refractivity contribution in [1.82, 2.24) is 9.78 Å². The second kappa shape index (κ2) is 5.94. The summed E-state index contributed by atoms with van der Waals surface area (Å²) in [6.45, 7) is 7.00. The molecular weight excluding hydrogens is 306 g/mol. The number of rotatable bonds is 5. The molecule has 0 aliphatic heterocycles. The zero-order valence-electron chi connectivity index (χ0n) is 12.0. The van der Waals surface area contributed by atoms with Crippen LogP contribution in [0.3, 0.4) is 0 Å². The fourth-order valence-corrected chi connectivity index (χ4v) is 3.63. The highest BCUT2D eigenvalue weighted by molar-refractivity contribution is 9.10. The average Bonchev–Trinajstić information content (AvgIpc) is 2.96. The van der Waals surface area contributed by atoms with Crippen molar-refractivity contribution in [3.05, 3.63) is 16.4 Å². The van der Waals surface area contributed by atoms with Gasteiger partial charge in [-0.1, -0.05) is 12.8 Å². The lowest BCUT2D eigenvalue weighted by Gasteiger charge is -2.36. The van der Waals surface area contributed by atoms with Crippen molar-refractivity contribution in [3.63, 3.8) is 0 Å². The SMILES string of the molecule is CCOC1(C(N)c2c(Br)cnn2C(C)C)CCCC1. The van der Waals surface area contributed by atoms with Crippen LogP contribution in [0.5, 0.6) is 0 Å². The number of nitrogens with two attached hydrogens (primary N) is 1. The van der Waals surface area contributed by atoms with E-state index in [1.807, 2.05) is 17.8 Å². The van der Waals surface area contributed by atoms with Gasteiger partial charge < -0.3 is 10.5 Å². The summed E-state index contributed by atoms with van der Waals surface area (Å²) in [7, 11) is 0. The van der Waals surface area contributed by atoms with Gasteiger partial charge in [0.1, 0.15) is 0 Å². The van der Waals surface area contributed by atoms with Gasteiger partial charge >= 0.3 is 0 Å². The maximum atomic E-state index is 6.59. The minimum Gasteiger partial charge on any atom is -0.373 e. The van der Waals surface area contributed by atoms with Gasteiger partial charge in [-0.2, -0.15) is 5.10 Å². The van der Waals surface area contributed by atoms with Gasteiger partial charge in [0.15, 0.2) is 0 Å². The van der Waals surface area contributed by atoms with E-state index in [1.54, 1.807) is 0 Å². The Bertz CT molecular complexity index is 424. The molecule has 2 N–H and O–H groups in total. The van der Waals surface area contributed by atoms with Crippen molar-refractivity contribution >= 4 is 15.9 Å². The standard InChI is InChI=1S/C14H24BrN3O/c1-4-19-14(7-5-6-8-14)13(16)12-11(15)9-17-18(12)10(2)3/h9-10,13H,4-8,16H2,1-3H3. The van der Waals surface area contributed by atoms with Gasteiger partial charge in [0.25, 0.3) is 0 Å². The van der Waals surface area contributed by atoms with Crippen LogP contribution in [0, 0.1) is 0 Å². The first-order valence-electron chi connectivity index (χ1n) is 7.14. The van der Waals surface area contributed by atoms with E-state index in [-0.39, 0.29) is 11.6 Å². The van der Waals surface area contributed by atoms with Crippen molar-refractivity contribution in [1.29, 1.82) is 0 Å². The summed E-state index contributed by atoms with van der Waals surface area (Å²) in [5, 5.41) is 4.43. The molecule has 2 rings (SSSR count). The number of ether oxygens (including phenoxy) is 1. The quantitative estimate of drug-likeness (QED) is 0.898. The Morgan fingerprint density at radius 1 is 1.47 bits per heavy atom. The lowest BCUT2D eigenvalue weighted by Crippen LogP contribution is -2.43. The maximum Gasteiger partial charge on any atom is 0.0889 e. The molecule has 1 heterocycles. The van der Waals surface area contributed by atoms with Crippen LogP contribution in [0.15, 0.2) is 10.7 Å². The second-order valence-corrected chi connectivity index (χ2v) is 6.45. The molecule has 1 atom stereocenters. The molecule has 1 aliphatic carbocycles. The number of aromatic nitrogens is 2. The first kappa shape index (κ1) is 15.0. The topological polar surface area (TPSA) is 53.1 Å². The molecule has 19 heavy (non-hydrogen) atoms. The molecule has 1 aromatic heterocycles. The van der Waals surface area contributed by atoms with E-state index >= 15 is 0 Å². The molecule has 1 aliphatic rings. The normalized spacial score (nSPS) is 20.1. The van der Waals surface area contributed by atoms with Crippen molar-refractivity contribution in [2.75, 3.05) is 6.61 Å². The fourth-order valence-electron chi connectivity index (χ4n) is 3.11. The summed E-state index contributed by atoms with van der Waals surface area (Å²) < 4.78 is 9.07. The number of halogens is 1. The van der Waals surface area contributed by atoms with Crippen molar-refractivity contribution in [2.45, 2.75) is 64.1 Å². The van der Waals surface area contributed by atoms with Crippen molar-refractivity contribution < 1.29 is 4.74 Å². The number of nitrogens with zero attached hydrogens (tertiary/aromatic N) is 2. The Balaban J connectivity index is 2.36. The molecule has 1 fully saturated rings. The third kappa shape index (κ3) is 2.73. The minimum absolute atomic E-state index is 0.130. The lowest BCUT2D eigenvalue weighted by atomic mass is 9.90. The van der Waals surface area contributed by atoms with E-state index in [4.69, 9.17) is 10.5 Å². The van der Waals surface area contributed by atoms with Crippen LogP contribution < -0.4 is 5.73 Å². The minimum atomic E-state index is -0.218. The van der Waals surface area contributed by atoms with Crippen LogP contribution in [0.1, 0.15) is 64.2 Å². The molecule has 108 valence electrons. The van der Waals surface area contributed by atoms with E-state index < -0.39 is 0 Å². The van der Waals surface area contributed by atoms with E-state index in [9.17, 15) is 0 Å². The molecule has 0 aromatic carbocycles. The largest absolute Gasteiger partial charge is 0.373 e. The van der Waals surface area contributed by atoms with Gasteiger partial charge in [-0.15, -0.1) is 0 Å². The Hall–Kier alpha value is -0.390. The Morgan fingerprint density at radius 2 is 2.11 bits per heavy atom. The third-order valence-corrected chi connectivity index (χ3v) is 4.63. The number of hydrogen-bond acceptors (Lipinski definition) is 3. The van der Waals surface area contributed by atoms with Crippen LogP contribution in [0.2, 0.25) is 0 Å². The monoisotopic (exact) mass is 329 g/mol. The van der Waals surface area contributed by atoms with Crippen molar-refractivity contribution in [2.24, 2.45) is 5.73 Å².